The van der Waals surface area contributed by atoms with Crippen LogP contribution >= 0.6 is 0 Å². The fraction of sp³-hybridized carbons (Fsp3) is 0.615. The van der Waals surface area contributed by atoms with Crippen LogP contribution in [0.15, 0.2) is 40.5 Å². The Labute approximate surface area is 184 Å². The molecule has 0 unspecified atom stereocenters. The van der Waals surface area contributed by atoms with Crippen LogP contribution in [0.3, 0.4) is 0 Å². The summed E-state index contributed by atoms with van der Waals surface area (Å²) < 4.78 is 5.60. The first kappa shape index (κ1) is 26.1. The van der Waals surface area contributed by atoms with Gasteiger partial charge < -0.3 is 10.5 Å². The van der Waals surface area contributed by atoms with Gasteiger partial charge in [0.15, 0.2) is 0 Å². The topological polar surface area (TPSA) is 64.7 Å². The third kappa shape index (κ3) is 10.2. The van der Waals surface area contributed by atoms with Crippen LogP contribution in [0.5, 0.6) is 0 Å². The summed E-state index contributed by atoms with van der Waals surface area (Å²) in [5.41, 5.74) is 10.6. The lowest BCUT2D eigenvalue weighted by Gasteiger charge is -2.18. The smallest absolute Gasteiger partial charge is 0.309 e. The molecule has 0 saturated carbocycles. The first-order chi connectivity index (χ1) is 14.5. The molecule has 0 heterocycles. The lowest BCUT2D eigenvalue weighted by Crippen LogP contribution is -2.20. The Balaban J connectivity index is 2.79. The van der Waals surface area contributed by atoms with Crippen LogP contribution in [-0.2, 0) is 16.0 Å². The quantitative estimate of drug-likeness (QED) is 0.212. The summed E-state index contributed by atoms with van der Waals surface area (Å²) in [5.74, 6) is -0.276. The normalized spacial score (nSPS) is 13.4. The van der Waals surface area contributed by atoms with Gasteiger partial charge in [-0.05, 0) is 70.5 Å². The number of unbranched alkanes of at least 4 members (excludes halogenated alkanes) is 3. The van der Waals surface area contributed by atoms with E-state index in [0.29, 0.717) is 19.6 Å². The molecule has 0 aliphatic carbocycles. The number of carbonyl (C=O) groups is 1. The number of rotatable bonds is 15. The minimum Gasteiger partial charge on any atom is -0.465 e. The predicted octanol–water partition coefficient (Wildman–Crippen LogP) is 6.16. The molecule has 0 fully saturated rings. The molecule has 0 radical (unpaired) electrons. The van der Waals surface area contributed by atoms with Crippen molar-refractivity contribution >= 4 is 12.2 Å². The first-order valence-corrected chi connectivity index (χ1v) is 11.6. The maximum atomic E-state index is 12.7. The minimum atomic E-state index is -0.174. The van der Waals surface area contributed by atoms with Crippen LogP contribution in [0, 0.1) is 12.8 Å². The highest BCUT2D eigenvalue weighted by Crippen LogP contribution is 2.25. The summed E-state index contributed by atoms with van der Waals surface area (Å²) in [4.78, 5) is 17.4. The highest BCUT2D eigenvalue weighted by atomic mass is 16.5. The van der Waals surface area contributed by atoms with Crippen molar-refractivity contribution in [1.29, 1.82) is 0 Å². The molecule has 0 aliphatic heterocycles. The lowest BCUT2D eigenvalue weighted by molar-refractivity contribution is -0.149. The molecule has 1 atom stereocenters. The van der Waals surface area contributed by atoms with Crippen LogP contribution in [0.25, 0.3) is 0 Å². The van der Waals surface area contributed by atoms with E-state index in [1.54, 1.807) is 0 Å². The number of hydrogen-bond donors (Lipinski definition) is 1. The maximum absolute atomic E-state index is 12.7. The number of allylic oxidation sites excluding steroid dienone is 2. The molecular formula is C26H42N2O2. The van der Waals surface area contributed by atoms with Crippen LogP contribution in [0.4, 0.5) is 0 Å². The molecule has 0 saturated heterocycles. The Hall–Kier alpha value is -1.94. The Kier molecular flexibility index (Phi) is 13.8. The second-order valence-electron chi connectivity index (χ2n) is 8.10. The fourth-order valence-corrected chi connectivity index (χ4v) is 3.57. The third-order valence-electron chi connectivity index (χ3n) is 5.58. The van der Waals surface area contributed by atoms with Crippen molar-refractivity contribution < 1.29 is 9.53 Å². The van der Waals surface area contributed by atoms with E-state index in [9.17, 15) is 4.79 Å². The zero-order valence-corrected chi connectivity index (χ0v) is 19.6. The Morgan fingerprint density at radius 3 is 2.63 bits per heavy atom. The van der Waals surface area contributed by atoms with Gasteiger partial charge in [0.05, 0.1) is 12.5 Å². The predicted molar refractivity (Wildman–Crippen MR) is 128 cm³/mol. The van der Waals surface area contributed by atoms with Gasteiger partial charge in [-0.3, -0.25) is 9.79 Å². The van der Waals surface area contributed by atoms with Gasteiger partial charge in [-0.25, -0.2) is 0 Å². The monoisotopic (exact) mass is 414 g/mol. The fourth-order valence-electron chi connectivity index (χ4n) is 3.57. The second-order valence-corrected chi connectivity index (χ2v) is 8.10. The average Bonchev–Trinajstić information content (AvgIpc) is 2.74. The summed E-state index contributed by atoms with van der Waals surface area (Å²) in [5, 5.41) is 0. The molecule has 0 bridgehead atoms. The number of nitrogens with two attached hydrogens (primary N) is 1. The van der Waals surface area contributed by atoms with Gasteiger partial charge in [0.2, 0.25) is 0 Å². The van der Waals surface area contributed by atoms with Crippen LogP contribution < -0.4 is 5.73 Å². The van der Waals surface area contributed by atoms with Gasteiger partial charge in [-0.2, -0.15) is 0 Å². The summed E-state index contributed by atoms with van der Waals surface area (Å²) in [6.07, 6.45) is 10.3. The van der Waals surface area contributed by atoms with Crippen molar-refractivity contribution in [3.05, 3.63) is 46.7 Å². The van der Waals surface area contributed by atoms with Gasteiger partial charge in [0.25, 0.3) is 0 Å². The SMILES string of the molecule is CC=N/C(C[C@H](CCCN)C(=O)OCCCCCC)=C(\C)CCc1ccccc1C. The summed E-state index contributed by atoms with van der Waals surface area (Å²) in [7, 11) is 0. The van der Waals surface area contributed by atoms with Crippen molar-refractivity contribution in [2.45, 2.75) is 85.5 Å². The minimum absolute atomic E-state index is 0.101. The van der Waals surface area contributed by atoms with Gasteiger partial charge >= 0.3 is 5.97 Å². The highest BCUT2D eigenvalue weighted by molar-refractivity contribution is 5.73. The molecule has 1 rings (SSSR count). The van der Waals surface area contributed by atoms with E-state index in [2.05, 4.69) is 50.0 Å². The highest BCUT2D eigenvalue weighted by Gasteiger charge is 2.22. The number of benzene rings is 1. The van der Waals surface area contributed by atoms with E-state index in [1.807, 2.05) is 13.1 Å². The lowest BCUT2D eigenvalue weighted by atomic mass is 9.93. The van der Waals surface area contributed by atoms with E-state index < -0.39 is 0 Å². The largest absolute Gasteiger partial charge is 0.465 e. The molecular weight excluding hydrogens is 372 g/mol. The van der Waals surface area contributed by atoms with Crippen LogP contribution in [0.2, 0.25) is 0 Å². The zero-order chi connectivity index (χ0) is 22.2. The molecule has 0 spiro atoms. The standard InChI is InChI=1S/C26H42N2O2/c1-5-7-8-11-19-30-26(29)24(15-12-18-27)20-25(28-6-2)22(4)16-17-23-14-10-9-13-21(23)3/h6,9-10,13-14,24H,5,7-8,11-12,15-20,27H2,1-4H3/b25-22+,28-6?/t24-/m0/s1. The van der Waals surface area contributed by atoms with Crippen molar-refractivity contribution in [2.24, 2.45) is 16.6 Å². The molecule has 4 heteroatoms. The average molecular weight is 415 g/mol. The Bertz CT molecular complexity index is 679. The van der Waals surface area contributed by atoms with Gasteiger partial charge in [-0.15, -0.1) is 0 Å². The number of nitrogens with zero attached hydrogens (tertiary/aromatic N) is 1. The van der Waals surface area contributed by atoms with Crippen LogP contribution in [0.1, 0.15) is 83.3 Å². The van der Waals surface area contributed by atoms with Crippen molar-refractivity contribution in [2.75, 3.05) is 13.2 Å². The van der Waals surface area contributed by atoms with E-state index >= 15 is 0 Å². The second kappa shape index (κ2) is 15.8. The Morgan fingerprint density at radius 2 is 1.97 bits per heavy atom. The molecule has 30 heavy (non-hydrogen) atoms. The van der Waals surface area contributed by atoms with E-state index in [1.165, 1.54) is 29.5 Å². The van der Waals surface area contributed by atoms with Crippen molar-refractivity contribution in [3.8, 4) is 0 Å². The number of carbonyl (C=O) groups excluding carboxylic acids is 1. The molecule has 2 N–H and O–H groups in total. The third-order valence-corrected chi connectivity index (χ3v) is 5.58. The number of ether oxygens (including phenoxy) is 1. The van der Waals surface area contributed by atoms with Crippen molar-refractivity contribution in [3.63, 3.8) is 0 Å². The Morgan fingerprint density at radius 1 is 1.20 bits per heavy atom. The van der Waals surface area contributed by atoms with Gasteiger partial charge in [0.1, 0.15) is 0 Å². The maximum Gasteiger partial charge on any atom is 0.309 e. The van der Waals surface area contributed by atoms with Gasteiger partial charge in [0, 0.05) is 18.3 Å². The molecule has 0 amide bonds. The summed E-state index contributed by atoms with van der Waals surface area (Å²) in [6, 6.07) is 8.50. The van der Waals surface area contributed by atoms with Gasteiger partial charge in [-0.1, -0.05) is 56.0 Å². The number of aryl methyl sites for hydroxylation is 2. The number of hydrogen-bond acceptors (Lipinski definition) is 4. The first-order valence-electron chi connectivity index (χ1n) is 11.6. The van der Waals surface area contributed by atoms with Crippen LogP contribution in [-0.4, -0.2) is 25.3 Å². The molecule has 1 aromatic rings. The zero-order valence-electron chi connectivity index (χ0n) is 19.6. The number of aliphatic imine (C=N–C) groups is 1. The molecule has 0 aromatic heterocycles. The van der Waals surface area contributed by atoms with E-state index in [-0.39, 0.29) is 11.9 Å². The number of esters is 1. The molecule has 1 aromatic carbocycles. The summed E-state index contributed by atoms with van der Waals surface area (Å²) >= 11 is 0. The summed E-state index contributed by atoms with van der Waals surface area (Å²) in [6.45, 7) is 9.49. The molecule has 4 nitrogen and oxygen atoms in total. The van der Waals surface area contributed by atoms with E-state index in [0.717, 1.165) is 44.2 Å². The molecule has 0 aliphatic rings. The molecule has 168 valence electrons. The van der Waals surface area contributed by atoms with E-state index in [4.69, 9.17) is 10.5 Å². The van der Waals surface area contributed by atoms with Crippen molar-refractivity contribution in [1.82, 2.24) is 0 Å².